The van der Waals surface area contributed by atoms with Crippen LogP contribution in [0.4, 0.5) is 0 Å². The van der Waals surface area contributed by atoms with Gasteiger partial charge < -0.3 is 9.73 Å². The molecule has 0 aliphatic carbocycles. The average Bonchev–Trinajstić information content (AvgIpc) is 2.82. The number of benzene rings is 1. The molecule has 0 atom stereocenters. The van der Waals surface area contributed by atoms with Gasteiger partial charge in [-0.1, -0.05) is 17.8 Å². The van der Waals surface area contributed by atoms with Crippen molar-refractivity contribution in [1.82, 2.24) is 15.2 Å². The number of oxazole rings is 1. The van der Waals surface area contributed by atoms with E-state index in [0.29, 0.717) is 0 Å². The monoisotopic (exact) mass is 277 g/mol. The lowest BCUT2D eigenvalue weighted by Gasteiger charge is -2.26. The zero-order valence-corrected chi connectivity index (χ0v) is 12.0. The number of fused-ring (bicyclic) bond motifs is 1. The molecule has 1 aromatic carbocycles. The van der Waals surface area contributed by atoms with Crippen molar-refractivity contribution in [3.05, 3.63) is 23.8 Å². The van der Waals surface area contributed by atoms with E-state index >= 15 is 0 Å². The number of thioether (sulfide) groups is 1. The van der Waals surface area contributed by atoms with Crippen molar-refractivity contribution in [2.24, 2.45) is 0 Å². The molecule has 0 radical (unpaired) electrons. The number of nitrogens with one attached hydrogen (secondary N) is 1. The molecule has 102 valence electrons. The quantitative estimate of drug-likeness (QED) is 0.867. The summed E-state index contributed by atoms with van der Waals surface area (Å²) in [4.78, 5) is 7.00. The van der Waals surface area contributed by atoms with E-state index in [1.807, 2.05) is 6.07 Å². The number of aromatic nitrogens is 1. The van der Waals surface area contributed by atoms with Gasteiger partial charge in [0.05, 0.1) is 0 Å². The first kappa shape index (κ1) is 13.0. The van der Waals surface area contributed by atoms with Gasteiger partial charge in [0, 0.05) is 38.5 Å². The highest BCUT2D eigenvalue weighted by Crippen LogP contribution is 2.24. The fraction of sp³-hybridized carbons (Fsp3) is 0.500. The topological polar surface area (TPSA) is 41.3 Å². The van der Waals surface area contributed by atoms with Crippen LogP contribution in [0.25, 0.3) is 11.1 Å². The maximum absolute atomic E-state index is 5.73. The Morgan fingerprint density at radius 1 is 1.37 bits per heavy atom. The number of rotatable bonds is 4. The predicted molar refractivity (Wildman–Crippen MR) is 78.8 cm³/mol. The van der Waals surface area contributed by atoms with E-state index in [1.54, 1.807) is 11.8 Å². The van der Waals surface area contributed by atoms with E-state index < -0.39 is 0 Å². The maximum Gasteiger partial charge on any atom is 0.256 e. The number of hydrogen-bond acceptors (Lipinski definition) is 5. The SMILES string of the molecule is Cc1ccc2oc(SCCN3CCNCC3)nc2c1. The molecule has 1 N–H and O–H groups in total. The number of hydrogen-bond donors (Lipinski definition) is 1. The van der Waals surface area contributed by atoms with E-state index in [2.05, 4.69) is 34.3 Å². The van der Waals surface area contributed by atoms with Gasteiger partial charge in [0.15, 0.2) is 5.58 Å². The Kier molecular flexibility index (Phi) is 4.06. The number of nitrogens with zero attached hydrogens (tertiary/aromatic N) is 2. The van der Waals surface area contributed by atoms with Gasteiger partial charge in [-0.05, 0) is 24.6 Å². The van der Waals surface area contributed by atoms with Crippen molar-refractivity contribution >= 4 is 22.9 Å². The molecular weight excluding hydrogens is 258 g/mol. The summed E-state index contributed by atoms with van der Waals surface area (Å²) < 4.78 is 5.73. The molecule has 1 aliphatic rings. The zero-order valence-electron chi connectivity index (χ0n) is 11.2. The molecule has 0 spiro atoms. The third-order valence-corrected chi connectivity index (χ3v) is 4.17. The second-order valence-corrected chi connectivity index (χ2v) is 5.94. The molecule has 1 aliphatic heterocycles. The summed E-state index contributed by atoms with van der Waals surface area (Å²) in [6.45, 7) is 7.68. The van der Waals surface area contributed by atoms with Crippen molar-refractivity contribution in [1.29, 1.82) is 0 Å². The Bertz CT molecular complexity index is 549. The normalized spacial score (nSPS) is 17.1. The largest absolute Gasteiger partial charge is 0.431 e. The fourth-order valence-corrected chi connectivity index (χ4v) is 3.11. The Morgan fingerprint density at radius 2 is 2.21 bits per heavy atom. The van der Waals surface area contributed by atoms with Crippen LogP contribution in [-0.4, -0.2) is 48.4 Å². The predicted octanol–water partition coefficient (Wildman–Crippen LogP) is 2.13. The summed E-state index contributed by atoms with van der Waals surface area (Å²) in [6, 6.07) is 6.12. The van der Waals surface area contributed by atoms with Gasteiger partial charge in [0.2, 0.25) is 0 Å². The highest BCUT2D eigenvalue weighted by Gasteiger charge is 2.10. The summed E-state index contributed by atoms with van der Waals surface area (Å²) in [5.74, 6) is 1.03. The minimum atomic E-state index is 0.788. The van der Waals surface area contributed by atoms with Crippen LogP contribution in [0, 0.1) is 6.92 Å². The highest BCUT2D eigenvalue weighted by molar-refractivity contribution is 7.99. The third kappa shape index (κ3) is 3.29. The smallest absolute Gasteiger partial charge is 0.256 e. The molecule has 3 rings (SSSR count). The first-order valence-corrected chi connectivity index (χ1v) is 7.73. The molecule has 4 nitrogen and oxygen atoms in total. The summed E-state index contributed by atoms with van der Waals surface area (Å²) >= 11 is 1.71. The molecule has 19 heavy (non-hydrogen) atoms. The van der Waals surface area contributed by atoms with Gasteiger partial charge in [0.1, 0.15) is 5.52 Å². The number of piperazine rings is 1. The van der Waals surface area contributed by atoms with Gasteiger partial charge in [-0.25, -0.2) is 4.98 Å². The minimum Gasteiger partial charge on any atom is -0.431 e. The van der Waals surface area contributed by atoms with Crippen molar-refractivity contribution in [2.45, 2.75) is 12.1 Å². The Balaban J connectivity index is 1.56. The molecule has 0 unspecified atom stereocenters. The molecule has 2 heterocycles. The summed E-state index contributed by atoms with van der Waals surface area (Å²) in [5, 5.41) is 4.15. The van der Waals surface area contributed by atoms with Crippen LogP contribution in [0.1, 0.15) is 5.56 Å². The van der Waals surface area contributed by atoms with Crippen LogP contribution in [0.2, 0.25) is 0 Å². The van der Waals surface area contributed by atoms with E-state index in [-0.39, 0.29) is 0 Å². The van der Waals surface area contributed by atoms with Crippen LogP contribution in [0.15, 0.2) is 27.8 Å². The molecule has 1 saturated heterocycles. The minimum absolute atomic E-state index is 0.788. The second kappa shape index (κ2) is 5.94. The molecular formula is C14H19N3OS. The average molecular weight is 277 g/mol. The van der Waals surface area contributed by atoms with E-state index in [4.69, 9.17) is 4.42 Å². The van der Waals surface area contributed by atoms with Crippen LogP contribution in [0.5, 0.6) is 0 Å². The Morgan fingerprint density at radius 3 is 3.05 bits per heavy atom. The molecule has 1 aromatic heterocycles. The third-order valence-electron chi connectivity index (χ3n) is 3.37. The lowest BCUT2D eigenvalue weighted by molar-refractivity contribution is 0.255. The van der Waals surface area contributed by atoms with Crippen LogP contribution in [0.3, 0.4) is 0 Å². The van der Waals surface area contributed by atoms with Crippen molar-refractivity contribution in [2.75, 3.05) is 38.5 Å². The van der Waals surface area contributed by atoms with E-state index in [9.17, 15) is 0 Å². The van der Waals surface area contributed by atoms with Crippen molar-refractivity contribution in [3.8, 4) is 0 Å². The summed E-state index contributed by atoms with van der Waals surface area (Å²) in [7, 11) is 0. The fourth-order valence-electron chi connectivity index (χ4n) is 2.27. The Hall–Kier alpha value is -1.04. The standard InChI is InChI=1S/C14H19N3OS/c1-11-2-3-13-12(10-11)16-14(18-13)19-9-8-17-6-4-15-5-7-17/h2-3,10,15H,4-9H2,1H3. The molecule has 1 fully saturated rings. The second-order valence-electron chi connectivity index (χ2n) is 4.89. The molecule has 0 bridgehead atoms. The molecule has 0 saturated carbocycles. The lowest BCUT2D eigenvalue weighted by atomic mass is 10.2. The van der Waals surface area contributed by atoms with Gasteiger partial charge in [0.25, 0.3) is 5.22 Å². The van der Waals surface area contributed by atoms with Gasteiger partial charge in [-0.15, -0.1) is 0 Å². The van der Waals surface area contributed by atoms with Crippen LogP contribution >= 0.6 is 11.8 Å². The van der Waals surface area contributed by atoms with Gasteiger partial charge in [-0.3, -0.25) is 4.90 Å². The van der Waals surface area contributed by atoms with E-state index in [0.717, 1.165) is 54.8 Å². The molecule has 0 amide bonds. The van der Waals surface area contributed by atoms with E-state index in [1.165, 1.54) is 5.56 Å². The first-order valence-electron chi connectivity index (χ1n) is 6.74. The summed E-state index contributed by atoms with van der Waals surface area (Å²) in [5.41, 5.74) is 3.07. The van der Waals surface area contributed by atoms with Crippen molar-refractivity contribution in [3.63, 3.8) is 0 Å². The maximum atomic E-state index is 5.73. The van der Waals surface area contributed by atoms with Gasteiger partial charge >= 0.3 is 0 Å². The van der Waals surface area contributed by atoms with Crippen LogP contribution in [-0.2, 0) is 0 Å². The highest BCUT2D eigenvalue weighted by atomic mass is 32.2. The molecule has 2 aromatic rings. The molecule has 5 heteroatoms. The van der Waals surface area contributed by atoms with Gasteiger partial charge in [-0.2, -0.15) is 0 Å². The first-order chi connectivity index (χ1) is 9.31. The van der Waals surface area contributed by atoms with Crippen LogP contribution < -0.4 is 5.32 Å². The number of aryl methyl sites for hydroxylation is 1. The zero-order chi connectivity index (χ0) is 13.1. The summed E-state index contributed by atoms with van der Waals surface area (Å²) in [6.07, 6.45) is 0. The lowest BCUT2D eigenvalue weighted by Crippen LogP contribution is -2.44. The Labute approximate surface area is 117 Å². The van der Waals surface area contributed by atoms with Crippen molar-refractivity contribution < 1.29 is 4.42 Å².